The number of aliphatic hydroxyl groups is 5. The summed E-state index contributed by atoms with van der Waals surface area (Å²) in [5, 5.41) is 60.5. The molecule has 25 atom stereocenters. The first-order chi connectivity index (χ1) is 39.6. The molecule has 0 aromatic carbocycles. The van der Waals surface area contributed by atoms with E-state index in [1.807, 2.05) is 81.9 Å². The summed E-state index contributed by atoms with van der Waals surface area (Å²) in [5.74, 6) is -4.70. The molecule has 83 heavy (non-hydrogen) atoms. The molecule has 0 aliphatic carbocycles. The third-order valence-corrected chi connectivity index (χ3v) is 18.3. The molecule has 0 radical (unpaired) electrons. The second-order valence-electron chi connectivity index (χ2n) is 21.7. The zero-order valence-corrected chi connectivity index (χ0v) is 52.9. The van der Waals surface area contributed by atoms with Crippen LogP contribution in [0.15, 0.2) is 110 Å². The van der Waals surface area contributed by atoms with Gasteiger partial charge in [0.25, 0.3) is 0 Å². The summed E-state index contributed by atoms with van der Waals surface area (Å²) in [6.45, 7) is 18.0. The van der Waals surface area contributed by atoms with Gasteiger partial charge in [-0.3, -0.25) is 9.59 Å². The van der Waals surface area contributed by atoms with Crippen molar-refractivity contribution in [3.05, 3.63) is 110 Å². The zero-order chi connectivity index (χ0) is 60.8. The van der Waals surface area contributed by atoms with Crippen LogP contribution >= 0.6 is 33.1 Å². The minimum absolute atomic E-state index is 0.0202. The van der Waals surface area contributed by atoms with Crippen LogP contribution in [0.5, 0.6) is 0 Å². The Bertz CT molecular complexity index is 2270. The van der Waals surface area contributed by atoms with E-state index in [-0.39, 0.29) is 69.7 Å². The molecule has 20 nitrogen and oxygen atoms in total. The third kappa shape index (κ3) is 22.3. The monoisotopic (exact) mass is 1240 g/mol. The minimum Gasteiger partial charge on any atom is -0.462 e. The SMILES string of the molecule is C=CCOC(=O)N[C@@H]1[C@@H](O)[C@H](O[C@H]2/C=C/C=C/C=C/C=C/C=C/C=C/C=C/[C@H](C)[C@@H](O)[C@@H](C)[C@H](C)OC(=O)C[C@H]3C[C@@H](CC[C@@H](O)[C@H]4CC(C[C@]5(OC)C[C@H](O)[C@@H](C(=O)OCC=C)C(C2)O5)OC(P(C)P)O4)OC(P(C)P)O3)O[C@H](C)[C@H]1O. The molecule has 0 spiro atoms. The van der Waals surface area contributed by atoms with Gasteiger partial charge in [-0.05, 0) is 55.2 Å². The van der Waals surface area contributed by atoms with Gasteiger partial charge in [-0.15, -0.1) is 17.9 Å². The highest BCUT2D eigenvalue weighted by molar-refractivity contribution is 8.13. The molecule has 0 aromatic heterocycles. The van der Waals surface area contributed by atoms with Crippen molar-refractivity contribution in [2.75, 3.05) is 33.7 Å². The molecular formula is C59H91NO19P4. The van der Waals surface area contributed by atoms with Gasteiger partial charge in [-0.25, -0.2) is 4.79 Å². The van der Waals surface area contributed by atoms with E-state index < -0.39 is 143 Å². The molecule has 6 bridgehead atoms. The summed E-state index contributed by atoms with van der Waals surface area (Å²) < 4.78 is 67.8. The normalized spacial score (nSPS) is 41.8. The average Bonchev–Trinajstić information content (AvgIpc) is 3.33. The number of amides is 1. The largest absolute Gasteiger partial charge is 0.462 e. The average molecular weight is 1240 g/mol. The Labute approximate surface area is 496 Å². The molecule has 4 fully saturated rings. The predicted molar refractivity (Wildman–Crippen MR) is 324 cm³/mol. The van der Waals surface area contributed by atoms with E-state index in [9.17, 15) is 39.9 Å². The lowest BCUT2D eigenvalue weighted by Crippen LogP contribution is -2.64. The maximum Gasteiger partial charge on any atom is 0.407 e. The molecular weight excluding hydrogens is 1150 g/mol. The maximum atomic E-state index is 14.0. The van der Waals surface area contributed by atoms with E-state index in [0.29, 0.717) is 12.8 Å². The standard InChI is InChI=1S/C59H91NO19P4/c1-10-28-70-54(67)49-45(62)35-59(69-7)34-43-32-46(78-58(77-43)83(9)81)44(61)27-26-41-30-42(76-57(75-41)82(8)80)33-48(63)72-38(5)37(4)51(64)36(3)24-22-20-18-16-14-12-13-15-17-19-21-23-25-40(31-47(49)79-59)74-55-53(66)50(52(65)39(6)73-55)60-56(68)71-29-11-2/h10-25,36-47,49-53,55,57-58,61-62,64-66H,1-2,26-35,80-81H2,3-9H3,(H,60,68)/b13-12+,16-14+,17-15+,20-18+,21-19+,24-22+,25-23+/t36-,37-,38-,39+,40-,41+,42+,43?,44+,45-,46+,47?,49+,50-,51+,52+,53+,55-,57?,58?,59+,82?,83?/m0/s1. The van der Waals surface area contributed by atoms with Crippen LogP contribution < -0.4 is 5.32 Å². The number of fused-ring (bicyclic) bond motifs is 6. The summed E-state index contributed by atoms with van der Waals surface area (Å²) in [6, 6.07) is -2.61. The number of ether oxygens (including phenoxy) is 11. The predicted octanol–water partition coefficient (Wildman–Crippen LogP) is 7.46. The Morgan fingerprint density at radius 1 is 0.687 bits per heavy atom. The van der Waals surface area contributed by atoms with E-state index in [1.54, 1.807) is 44.2 Å². The molecule has 0 aromatic rings. The number of rotatable bonds is 11. The molecule has 466 valence electrons. The number of nitrogens with one attached hydrogen (secondary N) is 1. The molecule has 5 aliphatic heterocycles. The number of methoxy groups -OCH3 is 1. The Balaban J connectivity index is 1.49. The Morgan fingerprint density at radius 2 is 1.27 bits per heavy atom. The highest BCUT2D eigenvalue weighted by atomic mass is 32.0. The van der Waals surface area contributed by atoms with Gasteiger partial charge in [-0.1, -0.05) is 124 Å². The molecule has 1 amide bonds. The molecule has 5 heterocycles. The van der Waals surface area contributed by atoms with Crippen LogP contribution in [0.2, 0.25) is 0 Å². The molecule has 8 unspecified atom stereocenters. The van der Waals surface area contributed by atoms with Gasteiger partial charge >= 0.3 is 18.0 Å². The summed E-state index contributed by atoms with van der Waals surface area (Å²) >= 11 is 0. The smallest absolute Gasteiger partial charge is 0.407 e. The van der Waals surface area contributed by atoms with Gasteiger partial charge in [0.2, 0.25) is 0 Å². The lowest BCUT2D eigenvalue weighted by molar-refractivity contribution is -0.326. The number of carbonyl (C=O) groups is 3. The van der Waals surface area contributed by atoms with Crippen molar-refractivity contribution in [1.29, 1.82) is 0 Å². The Hall–Kier alpha value is -2.93. The summed E-state index contributed by atoms with van der Waals surface area (Å²) in [4.78, 5) is 40.1. The number of allylic oxidation sites excluding steroid dienone is 12. The van der Waals surface area contributed by atoms with Gasteiger partial charge in [0, 0.05) is 51.0 Å². The van der Waals surface area contributed by atoms with Gasteiger partial charge in [0.1, 0.15) is 37.4 Å². The number of aliphatic hydroxyl groups excluding tert-OH is 5. The van der Waals surface area contributed by atoms with Gasteiger partial charge in [0.15, 0.2) is 24.1 Å². The van der Waals surface area contributed by atoms with Crippen LogP contribution in [0.1, 0.15) is 79.1 Å². The van der Waals surface area contributed by atoms with E-state index in [0.717, 1.165) is 0 Å². The van der Waals surface area contributed by atoms with Gasteiger partial charge in [0.05, 0.1) is 73.5 Å². The zero-order valence-electron chi connectivity index (χ0n) is 48.8. The molecule has 24 heteroatoms. The number of cyclic esters (lactones) is 1. The number of hydrogen-bond acceptors (Lipinski definition) is 19. The first kappa shape index (κ1) is 70.8. The fourth-order valence-electron chi connectivity index (χ4n) is 10.3. The van der Waals surface area contributed by atoms with Crippen LogP contribution in [0.3, 0.4) is 0 Å². The molecule has 5 aliphatic rings. The lowest BCUT2D eigenvalue weighted by atomic mass is 9.82. The molecule has 6 N–H and O–H groups in total. The van der Waals surface area contributed by atoms with Crippen LogP contribution in [-0.2, 0) is 61.7 Å². The van der Waals surface area contributed by atoms with Crippen LogP contribution in [0, 0.1) is 17.8 Å². The number of carbonyl (C=O) groups excluding carboxylic acids is 3. The highest BCUT2D eigenvalue weighted by Crippen LogP contribution is 2.52. The second kappa shape index (κ2) is 35.8. The van der Waals surface area contributed by atoms with Crippen molar-refractivity contribution in [3.63, 3.8) is 0 Å². The second-order valence-corrected chi connectivity index (χ2v) is 30.1. The molecule has 5 rings (SSSR count). The maximum absolute atomic E-state index is 14.0. The highest BCUT2D eigenvalue weighted by Gasteiger charge is 2.54. The van der Waals surface area contributed by atoms with Crippen LogP contribution in [0.25, 0.3) is 0 Å². The van der Waals surface area contributed by atoms with Crippen molar-refractivity contribution in [3.8, 4) is 0 Å². The summed E-state index contributed by atoms with van der Waals surface area (Å²) in [5.41, 5.74) is 0. The Kier molecular flexibility index (Phi) is 30.5. The van der Waals surface area contributed by atoms with Gasteiger partial charge < -0.3 is 83.0 Å². The van der Waals surface area contributed by atoms with Gasteiger partial charge in [-0.2, -0.15) is 0 Å². The number of hydrogen-bond donors (Lipinski definition) is 6. The number of esters is 2. The van der Waals surface area contributed by atoms with Crippen LogP contribution in [-0.4, -0.2) is 187 Å². The quantitative estimate of drug-likeness (QED) is 0.0507. The van der Waals surface area contributed by atoms with E-state index >= 15 is 0 Å². The van der Waals surface area contributed by atoms with E-state index in [2.05, 4.69) is 36.3 Å². The van der Waals surface area contributed by atoms with Crippen molar-refractivity contribution >= 4 is 51.1 Å². The van der Waals surface area contributed by atoms with Crippen molar-refractivity contribution < 1.29 is 92.0 Å². The fraction of sp³-hybridized carbons (Fsp3) is 0.644. The third-order valence-electron chi connectivity index (χ3n) is 15.1. The van der Waals surface area contributed by atoms with Crippen molar-refractivity contribution in [2.24, 2.45) is 17.8 Å². The van der Waals surface area contributed by atoms with E-state index in [4.69, 9.17) is 52.1 Å². The van der Waals surface area contributed by atoms with E-state index in [1.165, 1.54) is 19.3 Å². The van der Waals surface area contributed by atoms with Crippen molar-refractivity contribution in [1.82, 2.24) is 5.32 Å². The summed E-state index contributed by atoms with van der Waals surface area (Å²) in [6.07, 6.45) is 14.4. The first-order valence-corrected chi connectivity index (χ1v) is 35.2. The Morgan fingerprint density at radius 3 is 1.88 bits per heavy atom. The fourth-order valence-corrected chi connectivity index (χ4v) is 12.6. The molecule has 0 saturated carbocycles. The lowest BCUT2D eigenvalue weighted by Gasteiger charge is -2.49. The summed E-state index contributed by atoms with van der Waals surface area (Å²) in [7, 11) is 5.14. The first-order valence-electron chi connectivity index (χ1n) is 28.3. The topological polar surface area (TPSA) is 266 Å². The van der Waals surface area contributed by atoms with Crippen LogP contribution in [0.4, 0.5) is 4.79 Å². The minimum atomic E-state index is -1.63. The number of alkyl carbamates (subject to hydrolysis) is 1. The van der Waals surface area contributed by atoms with Crippen molar-refractivity contribution in [2.45, 2.75) is 189 Å². The molecule has 4 saturated heterocycles.